The van der Waals surface area contributed by atoms with Crippen LogP contribution in [0.25, 0.3) is 0 Å². The molecule has 2 rings (SSSR count). The molecule has 0 aromatic heterocycles. The van der Waals surface area contributed by atoms with Crippen LogP contribution < -0.4 is 0 Å². The standard InChI is InChI=1S/C14H26N2O2/c1-12-6-5-9-16(13(12)14(17)18)11-10-15-7-3-2-4-8-15/h12-13H,2-11H2,1H3,(H,17,18). The number of piperidine rings is 2. The number of likely N-dealkylation sites (tertiary alicyclic amines) is 2. The van der Waals surface area contributed by atoms with Crippen molar-refractivity contribution in [2.75, 3.05) is 32.7 Å². The van der Waals surface area contributed by atoms with Gasteiger partial charge in [-0.05, 0) is 51.2 Å². The lowest BCUT2D eigenvalue weighted by molar-refractivity contribution is -0.147. The number of hydrogen-bond acceptors (Lipinski definition) is 3. The SMILES string of the molecule is CC1CCCN(CCN2CCCCC2)C1C(=O)O. The van der Waals surface area contributed by atoms with Gasteiger partial charge < -0.3 is 10.0 Å². The number of carboxylic acids is 1. The van der Waals surface area contributed by atoms with E-state index in [1.54, 1.807) is 0 Å². The van der Waals surface area contributed by atoms with Crippen LogP contribution in [0.4, 0.5) is 0 Å². The maximum Gasteiger partial charge on any atom is 0.321 e. The minimum Gasteiger partial charge on any atom is -0.480 e. The second kappa shape index (κ2) is 6.53. The minimum absolute atomic E-state index is 0.261. The van der Waals surface area contributed by atoms with Gasteiger partial charge in [0.05, 0.1) is 0 Å². The first-order chi connectivity index (χ1) is 8.68. The molecule has 2 saturated heterocycles. The summed E-state index contributed by atoms with van der Waals surface area (Å²) in [5, 5.41) is 9.36. The van der Waals surface area contributed by atoms with Crippen molar-refractivity contribution in [2.24, 2.45) is 5.92 Å². The third kappa shape index (κ3) is 3.45. The Hall–Kier alpha value is -0.610. The maximum atomic E-state index is 11.4. The van der Waals surface area contributed by atoms with Crippen LogP contribution in [0.5, 0.6) is 0 Å². The maximum absolute atomic E-state index is 11.4. The highest BCUT2D eigenvalue weighted by atomic mass is 16.4. The van der Waals surface area contributed by atoms with Gasteiger partial charge in [0.15, 0.2) is 0 Å². The molecule has 2 fully saturated rings. The molecular weight excluding hydrogens is 228 g/mol. The van der Waals surface area contributed by atoms with Crippen molar-refractivity contribution in [1.82, 2.24) is 9.80 Å². The summed E-state index contributed by atoms with van der Waals surface area (Å²) in [6.45, 7) is 7.38. The largest absolute Gasteiger partial charge is 0.480 e. The Labute approximate surface area is 110 Å². The normalized spacial score (nSPS) is 31.4. The molecular formula is C14H26N2O2. The van der Waals surface area contributed by atoms with Gasteiger partial charge in [-0.25, -0.2) is 0 Å². The van der Waals surface area contributed by atoms with Crippen molar-refractivity contribution in [2.45, 2.75) is 45.1 Å². The topological polar surface area (TPSA) is 43.8 Å². The lowest BCUT2D eigenvalue weighted by Crippen LogP contribution is -2.51. The number of rotatable bonds is 4. The van der Waals surface area contributed by atoms with Gasteiger partial charge in [0, 0.05) is 13.1 Å². The van der Waals surface area contributed by atoms with E-state index in [1.165, 1.54) is 32.4 Å². The molecule has 2 aliphatic rings. The molecule has 0 radical (unpaired) electrons. The van der Waals surface area contributed by atoms with E-state index in [1.807, 2.05) is 0 Å². The predicted molar refractivity (Wildman–Crippen MR) is 71.7 cm³/mol. The number of carboxylic acid groups (broad SMARTS) is 1. The Morgan fingerprint density at radius 3 is 2.50 bits per heavy atom. The number of hydrogen-bond donors (Lipinski definition) is 1. The molecule has 0 aromatic rings. The van der Waals surface area contributed by atoms with E-state index in [0.717, 1.165) is 32.5 Å². The summed E-state index contributed by atoms with van der Waals surface area (Å²) >= 11 is 0. The van der Waals surface area contributed by atoms with Crippen LogP contribution in [0.3, 0.4) is 0 Å². The molecule has 2 aliphatic heterocycles. The summed E-state index contributed by atoms with van der Waals surface area (Å²) in [5.74, 6) is -0.349. The van der Waals surface area contributed by atoms with Gasteiger partial charge in [-0.1, -0.05) is 13.3 Å². The highest BCUT2D eigenvalue weighted by Crippen LogP contribution is 2.23. The van der Waals surface area contributed by atoms with Gasteiger partial charge in [0.25, 0.3) is 0 Å². The van der Waals surface area contributed by atoms with Crippen molar-refractivity contribution in [3.05, 3.63) is 0 Å². The molecule has 18 heavy (non-hydrogen) atoms. The monoisotopic (exact) mass is 254 g/mol. The fourth-order valence-corrected chi connectivity index (χ4v) is 3.38. The second-order valence-electron chi connectivity index (χ2n) is 5.84. The molecule has 2 atom stereocenters. The van der Waals surface area contributed by atoms with Crippen LogP contribution in [-0.4, -0.2) is 59.6 Å². The Morgan fingerprint density at radius 1 is 1.11 bits per heavy atom. The quantitative estimate of drug-likeness (QED) is 0.828. The fraction of sp³-hybridized carbons (Fsp3) is 0.929. The molecule has 2 unspecified atom stereocenters. The summed E-state index contributed by atoms with van der Waals surface area (Å²) < 4.78 is 0. The van der Waals surface area contributed by atoms with Crippen molar-refractivity contribution in [3.63, 3.8) is 0 Å². The zero-order chi connectivity index (χ0) is 13.0. The lowest BCUT2D eigenvalue weighted by Gasteiger charge is -2.38. The molecule has 0 amide bonds. The Balaban J connectivity index is 1.83. The molecule has 4 nitrogen and oxygen atoms in total. The Bertz CT molecular complexity index is 277. The molecule has 4 heteroatoms. The smallest absolute Gasteiger partial charge is 0.321 e. The van der Waals surface area contributed by atoms with E-state index in [9.17, 15) is 9.90 Å². The van der Waals surface area contributed by atoms with Crippen molar-refractivity contribution < 1.29 is 9.90 Å². The highest BCUT2D eigenvalue weighted by Gasteiger charge is 2.33. The van der Waals surface area contributed by atoms with Crippen LogP contribution in [0.1, 0.15) is 39.0 Å². The molecule has 104 valence electrons. The molecule has 0 bridgehead atoms. The summed E-state index contributed by atoms with van der Waals surface area (Å²) in [6, 6.07) is -0.261. The van der Waals surface area contributed by atoms with Crippen molar-refractivity contribution >= 4 is 5.97 Å². The van der Waals surface area contributed by atoms with E-state index < -0.39 is 5.97 Å². The lowest BCUT2D eigenvalue weighted by atomic mass is 9.91. The summed E-state index contributed by atoms with van der Waals surface area (Å²) in [6.07, 6.45) is 6.16. The highest BCUT2D eigenvalue weighted by molar-refractivity contribution is 5.74. The van der Waals surface area contributed by atoms with E-state index in [0.29, 0.717) is 0 Å². The van der Waals surface area contributed by atoms with Gasteiger partial charge in [0.1, 0.15) is 6.04 Å². The van der Waals surface area contributed by atoms with E-state index >= 15 is 0 Å². The number of nitrogens with zero attached hydrogens (tertiary/aromatic N) is 2. The summed E-state index contributed by atoms with van der Waals surface area (Å²) in [4.78, 5) is 16.0. The molecule has 0 aliphatic carbocycles. The zero-order valence-corrected chi connectivity index (χ0v) is 11.5. The van der Waals surface area contributed by atoms with Gasteiger partial charge in [-0.2, -0.15) is 0 Å². The average molecular weight is 254 g/mol. The van der Waals surface area contributed by atoms with Crippen LogP contribution in [0, 0.1) is 5.92 Å². The first kappa shape index (κ1) is 13.8. The first-order valence-corrected chi connectivity index (χ1v) is 7.37. The van der Waals surface area contributed by atoms with E-state index in [-0.39, 0.29) is 12.0 Å². The van der Waals surface area contributed by atoms with Gasteiger partial charge >= 0.3 is 5.97 Å². The molecule has 0 saturated carbocycles. The third-order valence-corrected chi connectivity index (χ3v) is 4.44. The minimum atomic E-state index is -0.638. The summed E-state index contributed by atoms with van der Waals surface area (Å²) in [5.41, 5.74) is 0. The molecule has 2 heterocycles. The summed E-state index contributed by atoms with van der Waals surface area (Å²) in [7, 11) is 0. The Kier molecular flexibility index (Phi) is 5.01. The third-order valence-electron chi connectivity index (χ3n) is 4.44. The van der Waals surface area contributed by atoms with Crippen LogP contribution in [0.15, 0.2) is 0 Å². The van der Waals surface area contributed by atoms with Gasteiger partial charge in [-0.3, -0.25) is 9.69 Å². The van der Waals surface area contributed by atoms with Crippen LogP contribution in [0.2, 0.25) is 0 Å². The fourth-order valence-electron chi connectivity index (χ4n) is 3.38. The molecule has 0 spiro atoms. The molecule has 1 N–H and O–H groups in total. The predicted octanol–water partition coefficient (Wildman–Crippen LogP) is 1.66. The van der Waals surface area contributed by atoms with Crippen LogP contribution >= 0.6 is 0 Å². The van der Waals surface area contributed by atoms with E-state index in [4.69, 9.17) is 0 Å². The molecule has 0 aromatic carbocycles. The van der Waals surface area contributed by atoms with Gasteiger partial charge in [0.2, 0.25) is 0 Å². The first-order valence-electron chi connectivity index (χ1n) is 7.37. The second-order valence-corrected chi connectivity index (χ2v) is 5.84. The Morgan fingerprint density at radius 2 is 1.83 bits per heavy atom. The van der Waals surface area contributed by atoms with Crippen molar-refractivity contribution in [1.29, 1.82) is 0 Å². The van der Waals surface area contributed by atoms with E-state index in [2.05, 4.69) is 16.7 Å². The van der Waals surface area contributed by atoms with Crippen LogP contribution in [-0.2, 0) is 4.79 Å². The number of carbonyl (C=O) groups is 1. The zero-order valence-electron chi connectivity index (χ0n) is 11.5. The number of aliphatic carboxylic acids is 1. The van der Waals surface area contributed by atoms with Crippen molar-refractivity contribution in [3.8, 4) is 0 Å². The van der Waals surface area contributed by atoms with Gasteiger partial charge in [-0.15, -0.1) is 0 Å². The average Bonchev–Trinajstić information content (AvgIpc) is 2.37.